The Morgan fingerprint density at radius 3 is 2.55 bits per heavy atom. The predicted molar refractivity (Wildman–Crippen MR) is 89.8 cm³/mol. The zero-order valence-electron chi connectivity index (χ0n) is 14.4. The molecule has 0 aromatic carbocycles. The molecule has 0 spiro atoms. The minimum absolute atomic E-state index is 0.00969. The number of rotatable bonds is 4. The molecule has 1 amide bonds. The van der Waals surface area contributed by atoms with Crippen molar-refractivity contribution < 1.29 is 4.79 Å². The molecular weight excluding hydrogens is 276 g/mol. The average Bonchev–Trinajstić information content (AvgIpc) is 2.64. The SMILES string of the molecule is Cc1ccc2nc(NC(=O)CC(C)(C)C)n(CC(C)C)c2n1. The molecule has 0 aliphatic rings. The van der Waals surface area contributed by atoms with Gasteiger partial charge in [0.25, 0.3) is 0 Å². The Balaban J connectivity index is 2.37. The molecule has 0 radical (unpaired) electrons. The Labute approximate surface area is 132 Å². The molecule has 0 bridgehead atoms. The van der Waals surface area contributed by atoms with E-state index in [-0.39, 0.29) is 11.3 Å². The van der Waals surface area contributed by atoms with Crippen molar-refractivity contribution in [2.45, 2.75) is 54.5 Å². The number of amides is 1. The lowest BCUT2D eigenvalue weighted by Gasteiger charge is -2.17. The van der Waals surface area contributed by atoms with Crippen LogP contribution in [0.15, 0.2) is 12.1 Å². The smallest absolute Gasteiger partial charge is 0.227 e. The lowest BCUT2D eigenvalue weighted by atomic mass is 9.92. The van der Waals surface area contributed by atoms with Crippen molar-refractivity contribution in [1.29, 1.82) is 0 Å². The van der Waals surface area contributed by atoms with E-state index in [4.69, 9.17) is 0 Å². The third kappa shape index (κ3) is 4.06. The first-order chi connectivity index (χ1) is 10.2. The standard InChI is InChI=1S/C17H26N4O/c1-11(2)10-21-15-13(8-7-12(3)18-15)19-16(21)20-14(22)9-17(4,5)6/h7-8,11H,9-10H2,1-6H3,(H,19,20,22). The number of nitrogens with one attached hydrogen (secondary N) is 1. The molecular formula is C17H26N4O. The van der Waals surface area contributed by atoms with Gasteiger partial charge in [0, 0.05) is 18.7 Å². The van der Waals surface area contributed by atoms with Gasteiger partial charge in [-0.25, -0.2) is 9.97 Å². The Hall–Kier alpha value is -1.91. The molecule has 2 heterocycles. The third-order valence-corrected chi connectivity index (χ3v) is 3.22. The molecule has 5 heteroatoms. The second kappa shape index (κ2) is 6.07. The van der Waals surface area contributed by atoms with Crippen LogP contribution in [-0.4, -0.2) is 20.4 Å². The van der Waals surface area contributed by atoms with Gasteiger partial charge in [0.15, 0.2) is 5.65 Å². The summed E-state index contributed by atoms with van der Waals surface area (Å²) in [5.41, 5.74) is 2.55. The second-order valence-electron chi connectivity index (χ2n) is 7.52. The summed E-state index contributed by atoms with van der Waals surface area (Å²) >= 11 is 0. The predicted octanol–water partition coefficient (Wildman–Crippen LogP) is 3.77. The van der Waals surface area contributed by atoms with Crippen molar-refractivity contribution >= 4 is 23.0 Å². The van der Waals surface area contributed by atoms with Gasteiger partial charge >= 0.3 is 0 Å². The van der Waals surface area contributed by atoms with Crippen LogP contribution >= 0.6 is 0 Å². The number of anilines is 1. The maximum atomic E-state index is 12.2. The number of hydrogen-bond donors (Lipinski definition) is 1. The van der Waals surface area contributed by atoms with E-state index in [0.717, 1.165) is 23.4 Å². The monoisotopic (exact) mass is 302 g/mol. The minimum atomic E-state index is -0.0478. The summed E-state index contributed by atoms with van der Waals surface area (Å²) in [5.74, 6) is 1.03. The number of aryl methyl sites for hydroxylation is 1. The van der Waals surface area contributed by atoms with E-state index in [1.165, 1.54) is 0 Å². The van der Waals surface area contributed by atoms with Gasteiger partial charge in [-0.2, -0.15) is 0 Å². The number of imidazole rings is 1. The summed E-state index contributed by atoms with van der Waals surface area (Å²) in [4.78, 5) is 21.4. The molecule has 0 aliphatic heterocycles. The van der Waals surface area contributed by atoms with E-state index in [2.05, 4.69) is 49.9 Å². The van der Waals surface area contributed by atoms with Crippen molar-refractivity contribution in [3.63, 3.8) is 0 Å². The van der Waals surface area contributed by atoms with E-state index in [1.54, 1.807) is 0 Å². The first kappa shape index (κ1) is 16.5. The van der Waals surface area contributed by atoms with Gasteiger partial charge in [-0.15, -0.1) is 0 Å². The Bertz CT molecular complexity index is 680. The van der Waals surface area contributed by atoms with Crippen LogP contribution in [-0.2, 0) is 11.3 Å². The third-order valence-electron chi connectivity index (χ3n) is 3.22. The number of aromatic nitrogens is 3. The van der Waals surface area contributed by atoms with Crippen molar-refractivity contribution in [2.24, 2.45) is 11.3 Å². The highest BCUT2D eigenvalue weighted by Gasteiger charge is 2.19. The molecule has 22 heavy (non-hydrogen) atoms. The molecule has 0 fully saturated rings. The van der Waals surface area contributed by atoms with Gasteiger partial charge in [-0.1, -0.05) is 34.6 Å². The first-order valence-corrected chi connectivity index (χ1v) is 7.79. The fraction of sp³-hybridized carbons (Fsp3) is 0.588. The van der Waals surface area contributed by atoms with Crippen LogP contribution in [0.3, 0.4) is 0 Å². The molecule has 0 unspecified atom stereocenters. The van der Waals surface area contributed by atoms with Crippen LogP contribution in [0.2, 0.25) is 0 Å². The molecule has 0 saturated carbocycles. The number of fused-ring (bicyclic) bond motifs is 1. The number of nitrogens with zero attached hydrogens (tertiary/aromatic N) is 3. The maximum absolute atomic E-state index is 12.2. The Morgan fingerprint density at radius 2 is 1.95 bits per heavy atom. The normalized spacial score (nSPS) is 12.1. The molecule has 5 nitrogen and oxygen atoms in total. The van der Waals surface area contributed by atoms with E-state index in [9.17, 15) is 4.79 Å². The molecule has 1 N–H and O–H groups in total. The van der Waals surface area contributed by atoms with Gasteiger partial charge in [-0.3, -0.25) is 14.7 Å². The first-order valence-electron chi connectivity index (χ1n) is 7.79. The lowest BCUT2D eigenvalue weighted by molar-refractivity contribution is -0.117. The van der Waals surface area contributed by atoms with Crippen LogP contribution in [0.25, 0.3) is 11.2 Å². The highest BCUT2D eigenvalue weighted by Crippen LogP contribution is 2.23. The van der Waals surface area contributed by atoms with Crippen LogP contribution in [0.4, 0.5) is 5.95 Å². The number of carbonyl (C=O) groups excluding carboxylic acids is 1. The summed E-state index contributed by atoms with van der Waals surface area (Å²) in [5, 5.41) is 2.95. The Morgan fingerprint density at radius 1 is 1.27 bits per heavy atom. The minimum Gasteiger partial charge on any atom is -0.296 e. The van der Waals surface area contributed by atoms with Crippen molar-refractivity contribution in [3.8, 4) is 0 Å². The number of pyridine rings is 1. The molecule has 2 aromatic rings. The van der Waals surface area contributed by atoms with Crippen molar-refractivity contribution in [2.75, 3.05) is 5.32 Å². The second-order valence-corrected chi connectivity index (χ2v) is 7.52. The zero-order chi connectivity index (χ0) is 16.5. The van der Waals surface area contributed by atoms with Crippen molar-refractivity contribution in [3.05, 3.63) is 17.8 Å². The van der Waals surface area contributed by atoms with E-state index < -0.39 is 0 Å². The highest BCUT2D eigenvalue weighted by atomic mass is 16.1. The summed E-state index contributed by atoms with van der Waals surface area (Å²) < 4.78 is 2.01. The highest BCUT2D eigenvalue weighted by molar-refractivity contribution is 5.91. The van der Waals surface area contributed by atoms with Crippen LogP contribution in [0.1, 0.15) is 46.7 Å². The van der Waals surface area contributed by atoms with E-state index >= 15 is 0 Å². The molecule has 0 saturated heterocycles. The van der Waals surface area contributed by atoms with Crippen molar-refractivity contribution in [1.82, 2.24) is 14.5 Å². The number of carbonyl (C=O) groups is 1. The average molecular weight is 302 g/mol. The molecule has 0 aliphatic carbocycles. The van der Waals surface area contributed by atoms with Crippen LogP contribution in [0.5, 0.6) is 0 Å². The molecule has 0 atom stereocenters. The molecule has 2 aromatic heterocycles. The summed E-state index contributed by atoms with van der Waals surface area (Å²) in [6.07, 6.45) is 0.463. The van der Waals surface area contributed by atoms with Gasteiger partial charge in [-0.05, 0) is 30.4 Å². The Kier molecular flexibility index (Phi) is 4.54. The van der Waals surface area contributed by atoms with Crippen LogP contribution in [0, 0.1) is 18.3 Å². The topological polar surface area (TPSA) is 59.8 Å². The van der Waals surface area contributed by atoms with E-state index in [0.29, 0.717) is 18.3 Å². The van der Waals surface area contributed by atoms with Gasteiger partial charge in [0.2, 0.25) is 11.9 Å². The van der Waals surface area contributed by atoms with Gasteiger partial charge < -0.3 is 0 Å². The summed E-state index contributed by atoms with van der Waals surface area (Å²) in [6, 6.07) is 3.89. The number of hydrogen-bond acceptors (Lipinski definition) is 3. The quantitative estimate of drug-likeness (QED) is 0.935. The maximum Gasteiger partial charge on any atom is 0.227 e. The molecule has 120 valence electrons. The van der Waals surface area contributed by atoms with E-state index in [1.807, 2.05) is 23.6 Å². The largest absolute Gasteiger partial charge is 0.296 e. The summed E-state index contributed by atoms with van der Waals surface area (Å²) in [6.45, 7) is 13.2. The fourth-order valence-corrected chi connectivity index (χ4v) is 2.38. The van der Waals surface area contributed by atoms with Crippen LogP contribution < -0.4 is 5.32 Å². The summed E-state index contributed by atoms with van der Waals surface area (Å²) in [7, 11) is 0. The van der Waals surface area contributed by atoms with Gasteiger partial charge in [0.1, 0.15) is 5.52 Å². The fourth-order valence-electron chi connectivity index (χ4n) is 2.38. The van der Waals surface area contributed by atoms with Gasteiger partial charge in [0.05, 0.1) is 0 Å². The molecule has 2 rings (SSSR count). The lowest BCUT2D eigenvalue weighted by Crippen LogP contribution is -2.22. The zero-order valence-corrected chi connectivity index (χ0v) is 14.4.